The van der Waals surface area contributed by atoms with Gasteiger partial charge in [0, 0.05) is 17.7 Å². The minimum absolute atomic E-state index is 0.223. The number of likely N-dealkylation sites (tertiary alicyclic amines) is 1. The number of halogens is 1. The van der Waals surface area contributed by atoms with Gasteiger partial charge in [0.25, 0.3) is 0 Å². The van der Waals surface area contributed by atoms with Gasteiger partial charge in [0.15, 0.2) is 0 Å². The zero-order chi connectivity index (χ0) is 11.4. The highest BCUT2D eigenvalue weighted by Crippen LogP contribution is 2.17. The van der Waals surface area contributed by atoms with Gasteiger partial charge in [-0.15, -0.1) is 0 Å². The molecule has 0 saturated carbocycles. The Hall–Kier alpha value is -0.930. The molecular weight excluding hydrogens is 205 g/mol. The van der Waals surface area contributed by atoms with Crippen LogP contribution >= 0.6 is 0 Å². The normalized spacial score (nSPS) is 17.6. The molecule has 1 fully saturated rings. The molecule has 1 aromatic rings. The van der Waals surface area contributed by atoms with Gasteiger partial charge in [-0.2, -0.15) is 0 Å². The predicted molar refractivity (Wildman–Crippen MR) is 61.5 cm³/mol. The lowest BCUT2D eigenvalue weighted by Gasteiger charge is -2.26. The van der Waals surface area contributed by atoms with Gasteiger partial charge < -0.3 is 5.11 Å². The zero-order valence-corrected chi connectivity index (χ0v) is 9.45. The lowest BCUT2D eigenvalue weighted by molar-refractivity contribution is 0.217. The quantitative estimate of drug-likeness (QED) is 0.850. The first kappa shape index (κ1) is 11.6. The Bertz CT molecular complexity index is 348. The number of benzene rings is 1. The average molecular weight is 223 g/mol. The summed E-state index contributed by atoms with van der Waals surface area (Å²) < 4.78 is 13.8. The maximum atomic E-state index is 13.8. The largest absolute Gasteiger partial charge is 0.392 e. The molecule has 0 radical (unpaired) electrons. The van der Waals surface area contributed by atoms with Crippen LogP contribution in [0.25, 0.3) is 0 Å². The zero-order valence-electron chi connectivity index (χ0n) is 9.45. The minimum Gasteiger partial charge on any atom is -0.392 e. The van der Waals surface area contributed by atoms with Crippen LogP contribution in [0.15, 0.2) is 18.2 Å². The topological polar surface area (TPSA) is 23.5 Å². The summed E-state index contributed by atoms with van der Waals surface area (Å²) in [6.07, 6.45) is 3.71. The lowest BCUT2D eigenvalue weighted by atomic mass is 10.1. The number of aliphatic hydroxyl groups excluding tert-OH is 1. The van der Waals surface area contributed by atoms with E-state index < -0.39 is 0 Å². The molecule has 2 nitrogen and oxygen atoms in total. The van der Waals surface area contributed by atoms with Gasteiger partial charge in [0.05, 0.1) is 6.61 Å². The summed E-state index contributed by atoms with van der Waals surface area (Å²) >= 11 is 0. The molecule has 3 heteroatoms. The number of aliphatic hydroxyl groups is 1. The highest BCUT2D eigenvalue weighted by molar-refractivity contribution is 5.25. The van der Waals surface area contributed by atoms with Gasteiger partial charge in [0.2, 0.25) is 0 Å². The summed E-state index contributed by atoms with van der Waals surface area (Å²) in [5.41, 5.74) is 1.10. The van der Waals surface area contributed by atoms with E-state index >= 15 is 0 Å². The van der Waals surface area contributed by atoms with E-state index in [-0.39, 0.29) is 12.4 Å². The second kappa shape index (κ2) is 5.41. The Morgan fingerprint density at radius 1 is 1.12 bits per heavy atom. The van der Waals surface area contributed by atoms with Crippen molar-refractivity contribution < 1.29 is 9.50 Å². The Labute approximate surface area is 95.7 Å². The lowest BCUT2D eigenvalue weighted by Crippen LogP contribution is -2.29. The molecule has 0 unspecified atom stereocenters. The molecule has 1 aliphatic heterocycles. The van der Waals surface area contributed by atoms with E-state index in [0.717, 1.165) is 13.1 Å². The summed E-state index contributed by atoms with van der Waals surface area (Å²) in [4.78, 5) is 2.28. The van der Waals surface area contributed by atoms with E-state index in [4.69, 9.17) is 5.11 Å². The first-order chi connectivity index (χ1) is 7.81. The van der Waals surface area contributed by atoms with Crippen molar-refractivity contribution in [1.29, 1.82) is 0 Å². The van der Waals surface area contributed by atoms with Crippen molar-refractivity contribution in [2.75, 3.05) is 13.1 Å². The van der Waals surface area contributed by atoms with Crippen LogP contribution in [0.2, 0.25) is 0 Å². The maximum absolute atomic E-state index is 13.8. The fraction of sp³-hybridized carbons (Fsp3) is 0.538. The van der Waals surface area contributed by atoms with Crippen LogP contribution in [0.1, 0.15) is 30.4 Å². The van der Waals surface area contributed by atoms with Crippen molar-refractivity contribution >= 4 is 0 Å². The Morgan fingerprint density at radius 2 is 1.81 bits per heavy atom. The van der Waals surface area contributed by atoms with Crippen LogP contribution in [0.4, 0.5) is 4.39 Å². The molecule has 16 heavy (non-hydrogen) atoms. The Kier molecular flexibility index (Phi) is 3.91. The number of hydrogen-bond acceptors (Lipinski definition) is 2. The summed E-state index contributed by atoms with van der Waals surface area (Å²) in [6, 6.07) is 5.26. The smallest absolute Gasteiger partial charge is 0.133 e. The van der Waals surface area contributed by atoms with Gasteiger partial charge >= 0.3 is 0 Å². The van der Waals surface area contributed by atoms with E-state index in [1.54, 1.807) is 6.07 Å². The third-order valence-corrected chi connectivity index (χ3v) is 3.17. The molecule has 0 bridgehead atoms. The number of rotatable bonds is 3. The van der Waals surface area contributed by atoms with Gasteiger partial charge in [0.1, 0.15) is 5.82 Å². The molecule has 0 aromatic heterocycles. The van der Waals surface area contributed by atoms with E-state index in [0.29, 0.717) is 17.7 Å². The molecule has 88 valence electrons. The van der Waals surface area contributed by atoms with Crippen molar-refractivity contribution in [3.63, 3.8) is 0 Å². The van der Waals surface area contributed by atoms with Gasteiger partial charge in [-0.3, -0.25) is 4.90 Å². The van der Waals surface area contributed by atoms with Crippen LogP contribution < -0.4 is 0 Å². The third kappa shape index (κ3) is 2.60. The van der Waals surface area contributed by atoms with Crippen LogP contribution in [-0.2, 0) is 13.2 Å². The molecule has 1 aliphatic rings. The van der Waals surface area contributed by atoms with Gasteiger partial charge in [-0.05, 0) is 25.9 Å². The summed E-state index contributed by atoms with van der Waals surface area (Å²) in [5, 5.41) is 9.00. The number of piperidine rings is 1. The molecule has 1 aromatic carbocycles. The first-order valence-corrected chi connectivity index (χ1v) is 5.91. The molecule has 1 saturated heterocycles. The standard InChI is InChI=1S/C13H18FNO/c14-13-11(5-4-6-12(13)10-16)9-15-7-2-1-3-8-15/h4-6,16H,1-3,7-10H2. The second-order valence-electron chi connectivity index (χ2n) is 4.39. The van der Waals surface area contributed by atoms with E-state index in [1.165, 1.54) is 19.3 Å². The van der Waals surface area contributed by atoms with E-state index in [1.807, 2.05) is 12.1 Å². The molecular formula is C13H18FNO. The average Bonchev–Trinajstić information content (AvgIpc) is 2.33. The highest BCUT2D eigenvalue weighted by Gasteiger charge is 2.13. The first-order valence-electron chi connectivity index (χ1n) is 5.91. The van der Waals surface area contributed by atoms with Gasteiger partial charge in [-0.25, -0.2) is 4.39 Å². The van der Waals surface area contributed by atoms with Crippen LogP contribution in [0.5, 0.6) is 0 Å². The van der Waals surface area contributed by atoms with Crippen LogP contribution in [0.3, 0.4) is 0 Å². The molecule has 0 amide bonds. The highest BCUT2D eigenvalue weighted by atomic mass is 19.1. The molecule has 2 rings (SSSR count). The third-order valence-electron chi connectivity index (χ3n) is 3.17. The molecule has 0 spiro atoms. The maximum Gasteiger partial charge on any atom is 0.133 e. The van der Waals surface area contributed by atoms with Crippen LogP contribution in [0, 0.1) is 5.82 Å². The number of nitrogens with zero attached hydrogens (tertiary/aromatic N) is 1. The van der Waals surface area contributed by atoms with Crippen molar-refractivity contribution in [3.05, 3.63) is 35.1 Å². The molecule has 0 aliphatic carbocycles. The fourth-order valence-electron chi connectivity index (χ4n) is 2.24. The predicted octanol–water partition coefficient (Wildman–Crippen LogP) is 2.30. The monoisotopic (exact) mass is 223 g/mol. The van der Waals surface area contributed by atoms with Crippen molar-refractivity contribution in [3.8, 4) is 0 Å². The Balaban J connectivity index is 2.08. The Morgan fingerprint density at radius 3 is 2.50 bits per heavy atom. The SMILES string of the molecule is OCc1cccc(CN2CCCCC2)c1F. The minimum atomic E-state index is -0.240. The summed E-state index contributed by atoms with van der Waals surface area (Å²) in [5.74, 6) is -0.240. The van der Waals surface area contributed by atoms with Gasteiger partial charge in [-0.1, -0.05) is 24.6 Å². The van der Waals surface area contributed by atoms with Crippen molar-refractivity contribution in [1.82, 2.24) is 4.90 Å². The van der Waals surface area contributed by atoms with Crippen LogP contribution in [-0.4, -0.2) is 23.1 Å². The fourth-order valence-corrected chi connectivity index (χ4v) is 2.24. The van der Waals surface area contributed by atoms with E-state index in [2.05, 4.69) is 4.90 Å². The molecule has 1 heterocycles. The summed E-state index contributed by atoms with van der Waals surface area (Å²) in [7, 11) is 0. The molecule has 0 atom stereocenters. The van der Waals surface area contributed by atoms with Crippen molar-refractivity contribution in [2.45, 2.75) is 32.4 Å². The van der Waals surface area contributed by atoms with Crippen molar-refractivity contribution in [2.24, 2.45) is 0 Å². The second-order valence-corrected chi connectivity index (χ2v) is 4.39. The van der Waals surface area contributed by atoms with E-state index in [9.17, 15) is 4.39 Å². The summed E-state index contributed by atoms with van der Waals surface area (Å²) in [6.45, 7) is 2.56. The number of hydrogen-bond donors (Lipinski definition) is 1. The molecule has 1 N–H and O–H groups in total.